The highest BCUT2D eigenvalue weighted by molar-refractivity contribution is 7.16. The van der Waals surface area contributed by atoms with E-state index in [1.54, 1.807) is 16.2 Å². The summed E-state index contributed by atoms with van der Waals surface area (Å²) in [7, 11) is 4.06. The molecule has 0 radical (unpaired) electrons. The number of hydrogen-bond acceptors (Lipinski definition) is 4. The fraction of sp³-hybridized carbons (Fsp3) is 0.450. The largest absolute Gasteiger partial charge is 0.378 e. The van der Waals surface area contributed by atoms with Crippen molar-refractivity contribution in [3.05, 3.63) is 45.8 Å². The molecular formula is C20H27N4OS+. The van der Waals surface area contributed by atoms with Crippen LogP contribution in [0.4, 0.5) is 10.7 Å². The zero-order chi connectivity index (χ0) is 18.4. The fourth-order valence-electron chi connectivity index (χ4n) is 3.84. The van der Waals surface area contributed by atoms with Gasteiger partial charge in [0.1, 0.15) is 17.7 Å². The highest BCUT2D eigenvalue weighted by Gasteiger charge is 2.35. The van der Waals surface area contributed by atoms with Gasteiger partial charge in [-0.05, 0) is 37.1 Å². The lowest BCUT2D eigenvalue weighted by Gasteiger charge is -2.28. The van der Waals surface area contributed by atoms with Crippen molar-refractivity contribution in [2.24, 2.45) is 0 Å². The number of anilines is 2. The maximum atomic E-state index is 12.8. The Labute approximate surface area is 159 Å². The molecule has 1 amide bonds. The van der Waals surface area contributed by atoms with Crippen molar-refractivity contribution < 1.29 is 9.69 Å². The number of quaternary nitrogens is 1. The molecule has 0 fully saturated rings. The lowest BCUT2D eigenvalue weighted by molar-refractivity contribution is -0.936. The molecule has 2 aliphatic rings. The number of amides is 1. The van der Waals surface area contributed by atoms with Gasteiger partial charge in [0, 0.05) is 26.2 Å². The molecule has 1 aromatic carbocycles. The number of rotatable bonds is 3. The Bertz CT molecular complexity index is 825. The van der Waals surface area contributed by atoms with Crippen molar-refractivity contribution in [2.45, 2.75) is 39.0 Å². The molecule has 3 N–H and O–H groups in total. The molecule has 26 heavy (non-hydrogen) atoms. The lowest BCUT2D eigenvalue weighted by atomic mass is 9.99. The maximum Gasteiger partial charge on any atom is 0.256 e. The molecule has 2 atom stereocenters. The average molecular weight is 372 g/mol. The number of hydrogen-bond donors (Lipinski definition) is 3. The van der Waals surface area contributed by atoms with E-state index in [4.69, 9.17) is 0 Å². The van der Waals surface area contributed by atoms with Gasteiger partial charge < -0.3 is 20.4 Å². The van der Waals surface area contributed by atoms with Crippen molar-refractivity contribution in [3.63, 3.8) is 0 Å². The highest BCUT2D eigenvalue weighted by Crippen LogP contribution is 2.39. The number of benzene rings is 1. The third-order valence-corrected chi connectivity index (χ3v) is 6.67. The van der Waals surface area contributed by atoms with Crippen molar-refractivity contribution in [1.82, 2.24) is 5.32 Å². The first-order valence-corrected chi connectivity index (χ1v) is 10.1. The van der Waals surface area contributed by atoms with Gasteiger partial charge in [-0.15, -0.1) is 11.3 Å². The van der Waals surface area contributed by atoms with Crippen LogP contribution in [0.25, 0.3) is 0 Å². The van der Waals surface area contributed by atoms with Crippen LogP contribution in [0, 0.1) is 0 Å². The molecular weight excluding hydrogens is 344 g/mol. The minimum atomic E-state index is -0.167. The highest BCUT2D eigenvalue weighted by atomic mass is 32.1. The van der Waals surface area contributed by atoms with Crippen LogP contribution in [0.5, 0.6) is 0 Å². The summed E-state index contributed by atoms with van der Waals surface area (Å²) in [6, 6.07) is 8.95. The van der Waals surface area contributed by atoms with Crippen molar-refractivity contribution in [2.75, 3.05) is 30.9 Å². The molecule has 2 aliphatic heterocycles. The molecule has 0 saturated heterocycles. The Kier molecular flexibility index (Phi) is 4.40. The van der Waals surface area contributed by atoms with E-state index in [0.717, 1.165) is 41.3 Å². The molecule has 5 nitrogen and oxygen atoms in total. The van der Waals surface area contributed by atoms with Gasteiger partial charge in [-0.3, -0.25) is 4.79 Å². The minimum Gasteiger partial charge on any atom is -0.378 e. The Morgan fingerprint density at radius 1 is 1.19 bits per heavy atom. The van der Waals surface area contributed by atoms with Gasteiger partial charge in [0.2, 0.25) is 0 Å². The zero-order valence-corrected chi connectivity index (χ0v) is 16.7. The molecule has 2 aromatic rings. The standard InChI is InChI=1S/C20H26N4OS/c1-12(2)24-10-9-15-16(11-24)26-20-17(15)19(25)21-18(22-20)13-5-7-14(8-6-13)23(3)4/h5-8,12,18,22H,9-11H2,1-4H3,(H,21,25)/p+1/t18-/m1/s1. The molecule has 4 rings (SSSR count). The Morgan fingerprint density at radius 2 is 1.92 bits per heavy atom. The van der Waals surface area contributed by atoms with Crippen LogP contribution in [0.15, 0.2) is 24.3 Å². The van der Waals surface area contributed by atoms with Gasteiger partial charge in [0.05, 0.1) is 23.0 Å². The van der Waals surface area contributed by atoms with Gasteiger partial charge in [-0.2, -0.15) is 0 Å². The number of carbonyl (C=O) groups excluding carboxylic acids is 1. The normalized spacial score (nSPS) is 21.7. The van der Waals surface area contributed by atoms with Gasteiger partial charge in [0.15, 0.2) is 0 Å². The molecule has 0 aliphatic carbocycles. The first-order chi connectivity index (χ1) is 12.4. The summed E-state index contributed by atoms with van der Waals surface area (Å²) < 4.78 is 0. The van der Waals surface area contributed by atoms with E-state index in [-0.39, 0.29) is 12.1 Å². The summed E-state index contributed by atoms with van der Waals surface area (Å²) in [5, 5.41) is 7.73. The van der Waals surface area contributed by atoms with Gasteiger partial charge in [-0.1, -0.05) is 12.1 Å². The number of thiophene rings is 1. The molecule has 3 heterocycles. The number of fused-ring (bicyclic) bond motifs is 3. The Hall–Kier alpha value is -2.05. The van der Waals surface area contributed by atoms with Crippen LogP contribution < -0.4 is 20.4 Å². The lowest BCUT2D eigenvalue weighted by Crippen LogP contribution is -3.14. The monoisotopic (exact) mass is 371 g/mol. The average Bonchev–Trinajstić information content (AvgIpc) is 2.99. The van der Waals surface area contributed by atoms with Crippen LogP contribution in [-0.2, 0) is 13.0 Å². The Balaban J connectivity index is 1.60. The molecule has 138 valence electrons. The van der Waals surface area contributed by atoms with Crippen LogP contribution >= 0.6 is 11.3 Å². The summed E-state index contributed by atoms with van der Waals surface area (Å²) >= 11 is 1.77. The second kappa shape index (κ2) is 6.59. The molecule has 0 bridgehead atoms. The predicted octanol–water partition coefficient (Wildman–Crippen LogP) is 2.02. The second-order valence-corrected chi connectivity index (χ2v) is 8.84. The van der Waals surface area contributed by atoms with E-state index >= 15 is 0 Å². The topological polar surface area (TPSA) is 48.8 Å². The minimum absolute atomic E-state index is 0.0610. The van der Waals surface area contributed by atoms with Gasteiger partial charge >= 0.3 is 0 Å². The molecule has 1 aromatic heterocycles. The van der Waals surface area contributed by atoms with E-state index in [2.05, 4.69) is 53.6 Å². The number of nitrogens with one attached hydrogen (secondary N) is 3. The van der Waals surface area contributed by atoms with E-state index in [9.17, 15) is 4.79 Å². The second-order valence-electron chi connectivity index (χ2n) is 7.73. The smallest absolute Gasteiger partial charge is 0.256 e. The summed E-state index contributed by atoms with van der Waals surface area (Å²) in [6.45, 7) is 6.68. The molecule has 0 saturated carbocycles. The van der Waals surface area contributed by atoms with Crippen LogP contribution in [0.1, 0.15) is 46.4 Å². The molecule has 1 unspecified atom stereocenters. The summed E-state index contributed by atoms with van der Waals surface area (Å²) in [5.41, 5.74) is 4.38. The molecule has 0 spiro atoms. The van der Waals surface area contributed by atoms with Crippen LogP contribution in [0.2, 0.25) is 0 Å². The van der Waals surface area contributed by atoms with E-state index in [1.165, 1.54) is 10.4 Å². The predicted molar refractivity (Wildman–Crippen MR) is 107 cm³/mol. The van der Waals surface area contributed by atoms with Crippen LogP contribution in [0.3, 0.4) is 0 Å². The van der Waals surface area contributed by atoms with E-state index in [0.29, 0.717) is 6.04 Å². The number of nitrogens with zero attached hydrogens (tertiary/aromatic N) is 1. The van der Waals surface area contributed by atoms with Gasteiger partial charge in [0.25, 0.3) is 5.91 Å². The summed E-state index contributed by atoms with van der Waals surface area (Å²) in [6.07, 6.45) is 0.825. The van der Waals surface area contributed by atoms with Crippen molar-refractivity contribution in [3.8, 4) is 0 Å². The Morgan fingerprint density at radius 3 is 2.58 bits per heavy atom. The summed E-state index contributed by atoms with van der Waals surface area (Å²) in [4.78, 5) is 17.9. The van der Waals surface area contributed by atoms with E-state index in [1.807, 2.05) is 14.1 Å². The van der Waals surface area contributed by atoms with E-state index < -0.39 is 0 Å². The first kappa shape index (κ1) is 17.4. The third kappa shape index (κ3) is 2.97. The fourth-order valence-corrected chi connectivity index (χ4v) is 5.16. The first-order valence-electron chi connectivity index (χ1n) is 9.28. The van der Waals surface area contributed by atoms with Crippen LogP contribution in [-0.4, -0.2) is 32.6 Å². The molecule has 6 heteroatoms. The zero-order valence-electron chi connectivity index (χ0n) is 15.8. The summed E-state index contributed by atoms with van der Waals surface area (Å²) in [5.74, 6) is 0.0610. The SMILES string of the molecule is CC(C)[NH+]1CCc2c(sc3c2C(=O)N[C@@H](c2ccc(N(C)C)cc2)N3)C1. The van der Waals surface area contributed by atoms with Gasteiger partial charge in [-0.25, -0.2) is 0 Å². The third-order valence-electron chi connectivity index (χ3n) is 5.51. The number of carbonyl (C=O) groups is 1. The quantitative estimate of drug-likeness (QED) is 0.774. The van der Waals surface area contributed by atoms with Crippen molar-refractivity contribution >= 4 is 27.9 Å². The van der Waals surface area contributed by atoms with Crippen molar-refractivity contribution in [1.29, 1.82) is 0 Å². The maximum absolute atomic E-state index is 12.8.